The first-order valence-electron chi connectivity index (χ1n) is 4.99. The number of nitrogens with one attached hydrogen (secondary N) is 1. The van der Waals surface area contributed by atoms with Crippen molar-refractivity contribution in [1.29, 1.82) is 0 Å². The van der Waals surface area contributed by atoms with Crippen molar-refractivity contribution in [2.75, 3.05) is 13.1 Å². The Morgan fingerprint density at radius 1 is 1.56 bits per heavy atom. The Kier molecular flexibility index (Phi) is 3.40. The Balaban J connectivity index is 2.20. The molecule has 2 rings (SSSR count). The molecule has 0 spiro atoms. The SMILES string of the molecule is O=[N+]([O-])c1cccc(OC2CCNC2)c1Br. The first-order chi connectivity index (χ1) is 7.68. The topological polar surface area (TPSA) is 64.4 Å². The first-order valence-corrected chi connectivity index (χ1v) is 5.78. The van der Waals surface area contributed by atoms with E-state index in [2.05, 4.69) is 21.2 Å². The van der Waals surface area contributed by atoms with Crippen molar-refractivity contribution in [2.24, 2.45) is 0 Å². The Morgan fingerprint density at radius 3 is 3.00 bits per heavy atom. The number of rotatable bonds is 3. The van der Waals surface area contributed by atoms with Gasteiger partial charge < -0.3 is 10.1 Å². The third kappa shape index (κ3) is 2.33. The molecule has 1 fully saturated rings. The molecule has 1 saturated heterocycles. The van der Waals surface area contributed by atoms with Crippen LogP contribution in [0.25, 0.3) is 0 Å². The molecule has 1 aromatic rings. The number of nitro groups is 1. The van der Waals surface area contributed by atoms with Gasteiger partial charge in [-0.15, -0.1) is 0 Å². The van der Waals surface area contributed by atoms with Gasteiger partial charge in [-0.05, 0) is 35.0 Å². The fraction of sp³-hybridized carbons (Fsp3) is 0.400. The average molecular weight is 287 g/mol. The molecule has 16 heavy (non-hydrogen) atoms. The zero-order chi connectivity index (χ0) is 11.5. The van der Waals surface area contributed by atoms with Crippen LogP contribution in [0.4, 0.5) is 5.69 Å². The van der Waals surface area contributed by atoms with Crippen molar-refractivity contribution in [3.8, 4) is 5.75 Å². The van der Waals surface area contributed by atoms with Crippen LogP contribution in [0.1, 0.15) is 6.42 Å². The van der Waals surface area contributed by atoms with Gasteiger partial charge in [0.05, 0.1) is 4.92 Å². The second-order valence-electron chi connectivity index (χ2n) is 3.58. The van der Waals surface area contributed by atoms with Gasteiger partial charge in [0.1, 0.15) is 16.3 Å². The van der Waals surface area contributed by atoms with Crippen molar-refractivity contribution >= 4 is 21.6 Å². The van der Waals surface area contributed by atoms with E-state index in [9.17, 15) is 10.1 Å². The van der Waals surface area contributed by atoms with Crippen molar-refractivity contribution in [3.05, 3.63) is 32.8 Å². The molecular formula is C10H11BrN2O3. The molecule has 86 valence electrons. The maximum atomic E-state index is 10.7. The van der Waals surface area contributed by atoms with Crippen molar-refractivity contribution in [1.82, 2.24) is 5.32 Å². The molecule has 1 aliphatic heterocycles. The molecule has 0 radical (unpaired) electrons. The maximum Gasteiger partial charge on any atom is 0.287 e. The standard InChI is InChI=1S/C10H11BrN2O3/c11-10-8(13(14)15)2-1-3-9(10)16-7-4-5-12-6-7/h1-3,7,12H,4-6H2. The molecule has 0 saturated carbocycles. The Hall–Kier alpha value is -1.14. The van der Waals surface area contributed by atoms with Crippen LogP contribution in [0, 0.1) is 10.1 Å². The Morgan fingerprint density at radius 2 is 2.38 bits per heavy atom. The minimum atomic E-state index is -0.427. The molecule has 1 N–H and O–H groups in total. The fourth-order valence-electron chi connectivity index (χ4n) is 1.64. The van der Waals surface area contributed by atoms with Gasteiger partial charge in [-0.3, -0.25) is 10.1 Å². The van der Waals surface area contributed by atoms with Crippen LogP contribution in [0.5, 0.6) is 5.75 Å². The number of benzene rings is 1. The summed E-state index contributed by atoms with van der Waals surface area (Å²) in [4.78, 5) is 10.3. The van der Waals surface area contributed by atoms with Crippen LogP contribution in [-0.4, -0.2) is 24.1 Å². The molecule has 6 heteroatoms. The lowest BCUT2D eigenvalue weighted by molar-refractivity contribution is -0.385. The van der Waals surface area contributed by atoms with E-state index in [-0.39, 0.29) is 11.8 Å². The number of nitrogens with zero attached hydrogens (tertiary/aromatic N) is 1. The van der Waals surface area contributed by atoms with E-state index in [0.717, 1.165) is 19.5 Å². The largest absolute Gasteiger partial charge is 0.488 e. The molecule has 1 atom stereocenters. The normalized spacial score (nSPS) is 19.7. The van der Waals surface area contributed by atoms with Crippen LogP contribution >= 0.6 is 15.9 Å². The summed E-state index contributed by atoms with van der Waals surface area (Å²) in [6.45, 7) is 1.71. The van der Waals surface area contributed by atoms with Gasteiger partial charge in [-0.25, -0.2) is 0 Å². The number of ether oxygens (including phenoxy) is 1. The van der Waals surface area contributed by atoms with Gasteiger partial charge in [0.25, 0.3) is 5.69 Å². The molecule has 1 aliphatic rings. The molecule has 0 amide bonds. The summed E-state index contributed by atoms with van der Waals surface area (Å²) in [6.07, 6.45) is 1.02. The van der Waals surface area contributed by atoms with Crippen molar-refractivity contribution in [3.63, 3.8) is 0 Å². The smallest absolute Gasteiger partial charge is 0.287 e. The number of hydrogen-bond donors (Lipinski definition) is 1. The van der Waals surface area contributed by atoms with E-state index >= 15 is 0 Å². The van der Waals surface area contributed by atoms with E-state index in [0.29, 0.717) is 10.2 Å². The quantitative estimate of drug-likeness (QED) is 0.683. The second-order valence-corrected chi connectivity index (χ2v) is 4.37. The summed E-state index contributed by atoms with van der Waals surface area (Å²) < 4.78 is 6.09. The van der Waals surface area contributed by atoms with Gasteiger partial charge in [-0.1, -0.05) is 6.07 Å². The lowest BCUT2D eigenvalue weighted by Gasteiger charge is -2.13. The molecule has 1 unspecified atom stereocenters. The zero-order valence-electron chi connectivity index (χ0n) is 8.48. The van der Waals surface area contributed by atoms with Crippen LogP contribution in [0.3, 0.4) is 0 Å². The maximum absolute atomic E-state index is 10.7. The third-order valence-corrected chi connectivity index (χ3v) is 3.25. The molecule has 1 aromatic carbocycles. The molecular weight excluding hydrogens is 276 g/mol. The fourth-order valence-corrected chi connectivity index (χ4v) is 2.14. The highest BCUT2D eigenvalue weighted by Gasteiger charge is 2.20. The summed E-state index contributed by atoms with van der Waals surface area (Å²) >= 11 is 3.20. The van der Waals surface area contributed by atoms with Crippen LogP contribution in [0.2, 0.25) is 0 Å². The van der Waals surface area contributed by atoms with E-state index in [1.807, 2.05) is 0 Å². The van der Waals surface area contributed by atoms with Gasteiger partial charge >= 0.3 is 0 Å². The molecule has 0 aliphatic carbocycles. The minimum Gasteiger partial charge on any atom is -0.488 e. The minimum absolute atomic E-state index is 0.0310. The summed E-state index contributed by atoms with van der Waals surface area (Å²) in [7, 11) is 0. The van der Waals surface area contributed by atoms with E-state index in [1.54, 1.807) is 12.1 Å². The monoisotopic (exact) mass is 286 g/mol. The van der Waals surface area contributed by atoms with Gasteiger partial charge in [0, 0.05) is 12.6 Å². The summed E-state index contributed by atoms with van der Waals surface area (Å²) in [6, 6.07) is 4.81. The van der Waals surface area contributed by atoms with Crippen molar-refractivity contribution < 1.29 is 9.66 Å². The summed E-state index contributed by atoms with van der Waals surface area (Å²) in [5.74, 6) is 0.530. The summed E-state index contributed by atoms with van der Waals surface area (Å²) in [5, 5.41) is 13.9. The highest BCUT2D eigenvalue weighted by atomic mass is 79.9. The molecule has 5 nitrogen and oxygen atoms in total. The number of hydrogen-bond acceptors (Lipinski definition) is 4. The van der Waals surface area contributed by atoms with Crippen LogP contribution in [0.15, 0.2) is 22.7 Å². The van der Waals surface area contributed by atoms with Crippen LogP contribution in [-0.2, 0) is 0 Å². The summed E-state index contributed by atoms with van der Waals surface area (Å²) in [5.41, 5.74) is 0.0310. The van der Waals surface area contributed by atoms with E-state index in [4.69, 9.17) is 4.74 Å². The van der Waals surface area contributed by atoms with E-state index < -0.39 is 4.92 Å². The first kappa shape index (κ1) is 11.3. The van der Waals surface area contributed by atoms with Gasteiger partial charge in [0.15, 0.2) is 0 Å². The lowest BCUT2D eigenvalue weighted by atomic mass is 10.3. The van der Waals surface area contributed by atoms with Crippen LogP contribution < -0.4 is 10.1 Å². The Bertz CT molecular complexity index is 405. The molecule has 0 aromatic heterocycles. The average Bonchev–Trinajstić information content (AvgIpc) is 2.73. The molecule has 1 heterocycles. The predicted octanol–water partition coefficient (Wildman–Crippen LogP) is 2.10. The van der Waals surface area contributed by atoms with Gasteiger partial charge in [-0.2, -0.15) is 0 Å². The lowest BCUT2D eigenvalue weighted by Crippen LogP contribution is -2.19. The predicted molar refractivity (Wildman–Crippen MR) is 62.7 cm³/mol. The number of halogens is 1. The second kappa shape index (κ2) is 4.80. The number of nitro benzene ring substituents is 1. The Labute approximate surface area is 101 Å². The molecule has 0 bridgehead atoms. The highest BCUT2D eigenvalue weighted by Crippen LogP contribution is 2.34. The van der Waals surface area contributed by atoms with Gasteiger partial charge in [0.2, 0.25) is 0 Å². The van der Waals surface area contributed by atoms with E-state index in [1.165, 1.54) is 6.07 Å². The van der Waals surface area contributed by atoms with Crippen molar-refractivity contribution in [2.45, 2.75) is 12.5 Å². The third-order valence-electron chi connectivity index (χ3n) is 2.45. The zero-order valence-corrected chi connectivity index (χ0v) is 10.1. The highest BCUT2D eigenvalue weighted by molar-refractivity contribution is 9.10.